The molecular weight excluding hydrogens is 883 g/mol. The number of aryl methyl sites for hydroxylation is 1. The largest absolute Gasteiger partial charge is 0.507 e. The third-order valence-corrected chi connectivity index (χ3v) is 12.6. The number of sulfonamides is 1. The molecule has 1 heterocycles. The highest BCUT2D eigenvalue weighted by atomic mass is 32.2. The minimum absolute atomic E-state index is 0.158. The molecule has 18 nitrogen and oxygen atoms in total. The summed E-state index contributed by atoms with van der Waals surface area (Å²) in [7, 11) is -1.28. The van der Waals surface area contributed by atoms with Crippen molar-refractivity contribution in [2.45, 2.75) is 154 Å². The number of amides is 7. The maximum atomic E-state index is 14.1. The topological polar surface area (TPSA) is 261 Å². The lowest BCUT2D eigenvalue weighted by Crippen LogP contribution is -2.56. The summed E-state index contributed by atoms with van der Waals surface area (Å²) in [5.74, 6) is -5.45. The molecule has 2 aromatic rings. The molecular formula is C48H73N7O11S. The number of hydrogen-bond acceptors (Lipinski definition) is 11. The maximum Gasteiger partial charge on any atom is 0.256 e. The van der Waals surface area contributed by atoms with Crippen LogP contribution in [0.15, 0.2) is 36.4 Å². The molecule has 0 radical (unpaired) electrons. The van der Waals surface area contributed by atoms with E-state index in [4.69, 9.17) is 0 Å². The number of nitrogens with one attached hydrogen (secondary N) is 5. The number of aliphatic hydroxyl groups excluding tert-OH is 1. The van der Waals surface area contributed by atoms with Gasteiger partial charge in [-0.2, -0.15) is 0 Å². The second-order valence-corrected chi connectivity index (χ2v) is 19.5. The van der Waals surface area contributed by atoms with Crippen LogP contribution in [0.5, 0.6) is 5.75 Å². The van der Waals surface area contributed by atoms with Gasteiger partial charge in [-0.05, 0) is 67.6 Å². The molecule has 7 N–H and O–H groups in total. The molecule has 0 unspecified atom stereocenters. The van der Waals surface area contributed by atoms with Crippen molar-refractivity contribution in [3.8, 4) is 16.9 Å². The van der Waals surface area contributed by atoms with Crippen LogP contribution in [0.2, 0.25) is 0 Å². The van der Waals surface area contributed by atoms with Gasteiger partial charge in [0, 0.05) is 32.5 Å². The van der Waals surface area contributed by atoms with Gasteiger partial charge in [0.1, 0.15) is 36.0 Å². The minimum atomic E-state index is -4.02. The van der Waals surface area contributed by atoms with Crippen molar-refractivity contribution in [1.82, 2.24) is 35.8 Å². The van der Waals surface area contributed by atoms with Crippen molar-refractivity contribution in [2.75, 3.05) is 33.5 Å². The number of nitrogens with zero attached hydrogens (tertiary/aromatic N) is 2. The summed E-state index contributed by atoms with van der Waals surface area (Å²) < 4.78 is 25.8. The number of likely N-dealkylation sites (N-methyl/N-ethyl adjacent to an activating group) is 2. The number of fused-ring (bicyclic) bond motifs is 5. The molecule has 0 aliphatic carbocycles. The Morgan fingerprint density at radius 3 is 1.99 bits per heavy atom. The number of benzene rings is 2. The first-order valence-corrected chi connectivity index (χ1v) is 25.3. The van der Waals surface area contributed by atoms with E-state index < -0.39 is 88.8 Å². The van der Waals surface area contributed by atoms with Crippen molar-refractivity contribution in [2.24, 2.45) is 0 Å². The molecule has 0 fully saturated rings. The van der Waals surface area contributed by atoms with E-state index in [9.17, 15) is 52.2 Å². The quantitative estimate of drug-likeness (QED) is 0.0751. The van der Waals surface area contributed by atoms with E-state index in [0.29, 0.717) is 28.7 Å². The maximum absolute atomic E-state index is 14.1. The van der Waals surface area contributed by atoms with Crippen LogP contribution in [0.1, 0.15) is 133 Å². The van der Waals surface area contributed by atoms with Gasteiger partial charge in [-0.15, -0.1) is 0 Å². The van der Waals surface area contributed by atoms with Gasteiger partial charge in [-0.25, -0.2) is 8.42 Å². The highest BCUT2D eigenvalue weighted by Crippen LogP contribution is 2.35. The standard InChI is InChI=1S/C48H73N7O11S/c1-8-9-10-11-12-13-14-15-16-17-18-19-20-21-41(58)54(5)39(30-56)47(63)50-32(3)44(60)49-29-42(59)55(6)43-35-24-22-31(2)36(28-35)37-26-34(23-25-40(37)57)27-38(46(62)53-67(7,65)66)52-45(61)33(4)51-48(43)64/h22-26,28,32-33,38-39,43,56-57H,8-21,27,29-30H2,1-7H3,(H,49,60)(H,50,63)(H,51,64)(H,52,61)(H,53,62)/t32-,33+,38+,39-,43+/m1/s1. The zero-order valence-electron chi connectivity index (χ0n) is 40.2. The summed E-state index contributed by atoms with van der Waals surface area (Å²) in [5.41, 5.74) is 2.16. The molecule has 19 heteroatoms. The molecule has 0 aromatic heterocycles. The highest BCUT2D eigenvalue weighted by molar-refractivity contribution is 7.89. The van der Waals surface area contributed by atoms with E-state index in [-0.39, 0.29) is 30.1 Å². The van der Waals surface area contributed by atoms with Crippen molar-refractivity contribution in [3.05, 3.63) is 53.1 Å². The zero-order chi connectivity index (χ0) is 49.8. The molecule has 0 saturated heterocycles. The normalized spacial score (nSPS) is 17.2. The summed E-state index contributed by atoms with van der Waals surface area (Å²) in [6, 6.07) is 2.77. The molecule has 1 aliphatic rings. The van der Waals surface area contributed by atoms with Gasteiger partial charge >= 0.3 is 0 Å². The molecule has 3 rings (SSSR count). The van der Waals surface area contributed by atoms with Gasteiger partial charge in [-0.3, -0.25) is 38.3 Å². The minimum Gasteiger partial charge on any atom is -0.507 e. The van der Waals surface area contributed by atoms with Crippen molar-refractivity contribution in [1.29, 1.82) is 0 Å². The number of phenolic OH excluding ortho intramolecular Hbond substituents is 1. The summed E-state index contributed by atoms with van der Waals surface area (Å²) >= 11 is 0. The molecule has 7 amide bonds. The molecule has 67 heavy (non-hydrogen) atoms. The Morgan fingerprint density at radius 1 is 0.806 bits per heavy atom. The first-order valence-electron chi connectivity index (χ1n) is 23.4. The van der Waals surface area contributed by atoms with Crippen LogP contribution < -0.4 is 26.0 Å². The Balaban J connectivity index is 1.65. The lowest BCUT2D eigenvalue weighted by Gasteiger charge is -2.30. The summed E-state index contributed by atoms with van der Waals surface area (Å²) in [6.45, 7) is 5.38. The van der Waals surface area contributed by atoms with Crippen molar-refractivity contribution < 1.29 is 52.2 Å². The molecule has 2 aromatic carbocycles. The predicted molar refractivity (Wildman–Crippen MR) is 255 cm³/mol. The van der Waals surface area contributed by atoms with Crippen LogP contribution in [0.3, 0.4) is 0 Å². The SMILES string of the molecule is CCCCCCCCCCCCCCCC(=O)N(C)[C@H](CO)C(=O)N[C@H](C)C(=O)NCC(=O)N(C)[C@@H]1C(=O)N[C@@H](C)C(=O)N[C@H](C(=O)NS(C)(=O)=O)Cc2ccc(O)c(c2)-c2cc1ccc2C. The average molecular weight is 956 g/mol. The van der Waals surface area contributed by atoms with E-state index >= 15 is 0 Å². The van der Waals surface area contributed by atoms with E-state index in [0.717, 1.165) is 30.4 Å². The average Bonchev–Trinajstić information content (AvgIpc) is 3.27. The first-order chi connectivity index (χ1) is 31.7. The fourth-order valence-corrected chi connectivity index (χ4v) is 8.42. The number of aliphatic hydroxyl groups is 1. The molecule has 4 bridgehead atoms. The van der Waals surface area contributed by atoms with E-state index in [1.165, 1.54) is 103 Å². The fraction of sp³-hybridized carbons (Fsp3) is 0.604. The first kappa shape index (κ1) is 55.8. The van der Waals surface area contributed by atoms with E-state index in [2.05, 4.69) is 28.2 Å². The Morgan fingerprint density at radius 2 is 1.40 bits per heavy atom. The molecule has 1 aliphatic heterocycles. The highest BCUT2D eigenvalue weighted by Gasteiger charge is 2.34. The van der Waals surface area contributed by atoms with E-state index in [1.54, 1.807) is 31.2 Å². The van der Waals surface area contributed by atoms with E-state index in [1.807, 2.05) is 4.72 Å². The smallest absolute Gasteiger partial charge is 0.256 e. The lowest BCUT2D eigenvalue weighted by molar-refractivity contribution is -0.142. The van der Waals surface area contributed by atoms with Crippen molar-refractivity contribution >= 4 is 51.4 Å². The van der Waals surface area contributed by atoms with Gasteiger partial charge < -0.3 is 41.3 Å². The Bertz CT molecular complexity index is 2150. The third kappa shape index (κ3) is 17.9. The third-order valence-electron chi connectivity index (χ3n) is 12.1. The Hall–Kier alpha value is -5.56. The van der Waals surface area contributed by atoms with Gasteiger partial charge in [0.15, 0.2) is 0 Å². The van der Waals surface area contributed by atoms with Gasteiger partial charge in [0.05, 0.1) is 19.4 Å². The summed E-state index contributed by atoms with van der Waals surface area (Å²) in [5, 5.41) is 31.1. The number of carbonyl (C=O) groups is 7. The predicted octanol–water partition coefficient (Wildman–Crippen LogP) is 3.41. The lowest BCUT2D eigenvalue weighted by atomic mass is 9.91. The Labute approximate surface area is 395 Å². The molecule has 372 valence electrons. The summed E-state index contributed by atoms with van der Waals surface area (Å²) in [6.07, 6.45) is 15.9. The second-order valence-electron chi connectivity index (χ2n) is 17.7. The van der Waals surface area contributed by atoms with Crippen molar-refractivity contribution in [3.63, 3.8) is 0 Å². The van der Waals surface area contributed by atoms with Crippen LogP contribution in [0.25, 0.3) is 11.1 Å². The van der Waals surface area contributed by atoms with Gasteiger partial charge in [0.25, 0.3) is 5.91 Å². The summed E-state index contributed by atoms with van der Waals surface area (Å²) in [4.78, 5) is 95.9. The van der Waals surface area contributed by atoms with Crippen LogP contribution in [0, 0.1) is 6.92 Å². The van der Waals surface area contributed by atoms with Crippen LogP contribution in [0.4, 0.5) is 0 Å². The van der Waals surface area contributed by atoms with Gasteiger partial charge in [-0.1, -0.05) is 102 Å². The fourth-order valence-electron chi connectivity index (χ4n) is 7.92. The number of aromatic hydroxyl groups is 1. The second kappa shape index (κ2) is 27.3. The number of unbranched alkanes of at least 4 members (excludes halogenated alkanes) is 12. The number of phenols is 1. The number of carbonyl (C=O) groups excluding carboxylic acids is 7. The molecule has 0 saturated carbocycles. The van der Waals surface area contributed by atoms with Crippen LogP contribution >= 0.6 is 0 Å². The molecule has 5 atom stereocenters. The number of hydrogen-bond donors (Lipinski definition) is 7. The van der Waals surface area contributed by atoms with Gasteiger partial charge in [0.2, 0.25) is 45.5 Å². The van der Waals surface area contributed by atoms with Crippen LogP contribution in [-0.2, 0) is 50.0 Å². The number of rotatable bonds is 24. The zero-order valence-corrected chi connectivity index (χ0v) is 41.1. The molecule has 0 spiro atoms. The van der Waals surface area contributed by atoms with Crippen LogP contribution in [-0.4, -0.2) is 127 Å². The monoisotopic (exact) mass is 956 g/mol. The Kier molecular flexibility index (Phi) is 22.7.